The predicted octanol–water partition coefficient (Wildman–Crippen LogP) is 2.88. The number of hydrogen-bond donors (Lipinski definition) is 2. The zero-order valence-electron chi connectivity index (χ0n) is 10.4. The van der Waals surface area contributed by atoms with E-state index < -0.39 is 17.9 Å². The number of allylic oxidation sites excluding steroid dienone is 1. The van der Waals surface area contributed by atoms with Gasteiger partial charge >= 0.3 is 5.97 Å². The van der Waals surface area contributed by atoms with Gasteiger partial charge in [0.05, 0.1) is 10.6 Å². The Labute approximate surface area is 117 Å². The van der Waals surface area contributed by atoms with Crippen molar-refractivity contribution in [3.05, 3.63) is 47.5 Å². The smallest absolute Gasteiger partial charge is 0.326 e. The molecule has 0 aliphatic rings. The average Bonchev–Trinajstić information content (AvgIpc) is 2.38. The van der Waals surface area contributed by atoms with Gasteiger partial charge in [-0.15, -0.1) is 6.58 Å². The number of amides is 1. The minimum Gasteiger partial charge on any atom is -0.480 e. The molecule has 0 saturated heterocycles. The minimum absolute atomic E-state index is 0.277. The molecule has 0 radical (unpaired) electrons. The molecule has 0 bridgehead atoms. The van der Waals surface area contributed by atoms with Crippen molar-refractivity contribution >= 4 is 23.5 Å². The maximum absolute atomic E-state index is 11.9. The standard InChI is InChI=1S/C14H16ClNO3/c1-2-3-4-9-12(14(18)19)16-13(17)10-7-5-6-8-11(10)15/h2,5-8,12H,1,3-4,9H2,(H,16,17)(H,18,19)/t12-/m0/s1. The monoisotopic (exact) mass is 281 g/mol. The molecule has 4 nitrogen and oxygen atoms in total. The Morgan fingerprint density at radius 3 is 2.68 bits per heavy atom. The van der Waals surface area contributed by atoms with Crippen LogP contribution in [0, 0.1) is 0 Å². The Morgan fingerprint density at radius 2 is 2.11 bits per heavy atom. The molecule has 1 aromatic rings. The summed E-state index contributed by atoms with van der Waals surface area (Å²) in [7, 11) is 0. The van der Waals surface area contributed by atoms with Crippen LogP contribution in [0.4, 0.5) is 0 Å². The molecule has 1 aromatic carbocycles. The van der Waals surface area contributed by atoms with Crippen LogP contribution in [0.5, 0.6) is 0 Å². The molecular weight excluding hydrogens is 266 g/mol. The molecule has 0 aliphatic heterocycles. The van der Waals surface area contributed by atoms with Crippen LogP contribution < -0.4 is 5.32 Å². The van der Waals surface area contributed by atoms with Crippen molar-refractivity contribution in [2.45, 2.75) is 25.3 Å². The van der Waals surface area contributed by atoms with Gasteiger partial charge in [0.1, 0.15) is 6.04 Å². The lowest BCUT2D eigenvalue weighted by Gasteiger charge is -2.14. The molecule has 1 rings (SSSR count). The number of carbonyl (C=O) groups excluding carboxylic acids is 1. The summed E-state index contributed by atoms with van der Waals surface area (Å²) in [6.07, 6.45) is 3.45. The molecule has 0 spiro atoms. The van der Waals surface area contributed by atoms with Crippen LogP contribution in [-0.2, 0) is 4.79 Å². The second-order valence-corrected chi connectivity index (χ2v) is 4.47. The summed E-state index contributed by atoms with van der Waals surface area (Å²) in [5, 5.41) is 11.8. The van der Waals surface area contributed by atoms with Crippen molar-refractivity contribution in [1.29, 1.82) is 0 Å². The summed E-state index contributed by atoms with van der Waals surface area (Å²) < 4.78 is 0. The number of carbonyl (C=O) groups is 2. The quantitative estimate of drug-likeness (QED) is 0.596. The molecule has 102 valence electrons. The molecule has 1 amide bonds. The summed E-state index contributed by atoms with van der Waals surface area (Å²) >= 11 is 5.89. The van der Waals surface area contributed by atoms with Gasteiger partial charge in [-0.25, -0.2) is 4.79 Å². The third-order valence-corrected chi connectivity index (χ3v) is 2.95. The van der Waals surface area contributed by atoms with Crippen molar-refractivity contribution in [1.82, 2.24) is 5.32 Å². The Bertz CT molecular complexity index is 474. The first-order chi connectivity index (χ1) is 9.06. The average molecular weight is 282 g/mol. The second kappa shape index (κ2) is 7.59. The molecule has 0 unspecified atom stereocenters. The number of carboxylic acids is 1. The first kappa shape index (κ1) is 15.2. The van der Waals surface area contributed by atoms with Crippen molar-refractivity contribution < 1.29 is 14.7 Å². The Kier molecular flexibility index (Phi) is 6.09. The first-order valence-electron chi connectivity index (χ1n) is 5.95. The van der Waals surface area contributed by atoms with Crippen LogP contribution in [0.1, 0.15) is 29.6 Å². The van der Waals surface area contributed by atoms with Gasteiger partial charge in [-0.1, -0.05) is 29.8 Å². The fourth-order valence-electron chi connectivity index (χ4n) is 1.61. The second-order valence-electron chi connectivity index (χ2n) is 4.06. The number of unbranched alkanes of at least 4 members (excludes halogenated alkanes) is 1. The normalized spacial score (nSPS) is 11.6. The molecule has 0 aliphatic carbocycles. The van der Waals surface area contributed by atoms with Crippen molar-refractivity contribution in [2.24, 2.45) is 0 Å². The van der Waals surface area contributed by atoms with Crippen LogP contribution in [-0.4, -0.2) is 23.0 Å². The Balaban J connectivity index is 2.69. The number of halogens is 1. The zero-order chi connectivity index (χ0) is 14.3. The van der Waals surface area contributed by atoms with E-state index in [1.54, 1.807) is 30.3 Å². The highest BCUT2D eigenvalue weighted by molar-refractivity contribution is 6.33. The van der Waals surface area contributed by atoms with Gasteiger partial charge < -0.3 is 10.4 Å². The van der Waals surface area contributed by atoms with E-state index in [0.29, 0.717) is 24.3 Å². The van der Waals surface area contributed by atoms with Crippen LogP contribution in [0.15, 0.2) is 36.9 Å². The number of hydrogen-bond acceptors (Lipinski definition) is 2. The molecule has 5 heteroatoms. The molecule has 0 heterocycles. The lowest BCUT2D eigenvalue weighted by Crippen LogP contribution is -2.40. The fraction of sp³-hybridized carbons (Fsp3) is 0.286. The summed E-state index contributed by atoms with van der Waals surface area (Å²) in [4.78, 5) is 23.0. The van der Waals surface area contributed by atoms with Gasteiger partial charge in [-0.2, -0.15) is 0 Å². The Hall–Kier alpha value is -1.81. The maximum Gasteiger partial charge on any atom is 0.326 e. The summed E-state index contributed by atoms with van der Waals surface area (Å²) in [5.74, 6) is -1.53. The van der Waals surface area contributed by atoms with Gasteiger partial charge in [-0.3, -0.25) is 4.79 Å². The zero-order valence-corrected chi connectivity index (χ0v) is 11.2. The predicted molar refractivity (Wildman–Crippen MR) is 74.4 cm³/mol. The van der Waals surface area contributed by atoms with Crippen molar-refractivity contribution in [3.8, 4) is 0 Å². The molecule has 0 aromatic heterocycles. The minimum atomic E-state index is -1.05. The van der Waals surface area contributed by atoms with E-state index in [4.69, 9.17) is 16.7 Å². The van der Waals surface area contributed by atoms with Crippen LogP contribution >= 0.6 is 11.6 Å². The van der Waals surface area contributed by atoms with Crippen LogP contribution in [0.25, 0.3) is 0 Å². The lowest BCUT2D eigenvalue weighted by atomic mass is 10.1. The van der Waals surface area contributed by atoms with Crippen molar-refractivity contribution in [3.63, 3.8) is 0 Å². The number of rotatable bonds is 7. The van der Waals surface area contributed by atoms with E-state index in [1.807, 2.05) is 0 Å². The third kappa shape index (κ3) is 4.75. The number of nitrogens with one attached hydrogen (secondary N) is 1. The SMILES string of the molecule is C=CCCC[C@H](NC(=O)c1ccccc1Cl)C(=O)O. The van der Waals surface area contributed by atoms with E-state index in [1.165, 1.54) is 0 Å². The first-order valence-corrected chi connectivity index (χ1v) is 6.33. The lowest BCUT2D eigenvalue weighted by molar-refractivity contribution is -0.139. The molecular formula is C14H16ClNO3. The van der Waals surface area contributed by atoms with E-state index in [9.17, 15) is 9.59 Å². The third-order valence-electron chi connectivity index (χ3n) is 2.62. The number of aliphatic carboxylic acids is 1. The molecule has 0 fully saturated rings. The summed E-state index contributed by atoms with van der Waals surface area (Å²) in [5.41, 5.74) is 0.277. The van der Waals surface area contributed by atoms with Gasteiger partial charge in [0.15, 0.2) is 0 Å². The summed E-state index contributed by atoms with van der Waals surface area (Å²) in [6, 6.07) is 5.61. The van der Waals surface area contributed by atoms with E-state index in [-0.39, 0.29) is 5.56 Å². The van der Waals surface area contributed by atoms with E-state index >= 15 is 0 Å². The highest BCUT2D eigenvalue weighted by atomic mass is 35.5. The fourth-order valence-corrected chi connectivity index (χ4v) is 1.83. The molecule has 1 atom stereocenters. The van der Waals surface area contributed by atoms with Gasteiger partial charge in [-0.05, 0) is 31.4 Å². The molecule has 0 saturated carbocycles. The molecule has 2 N–H and O–H groups in total. The van der Waals surface area contributed by atoms with Gasteiger partial charge in [0.25, 0.3) is 5.91 Å². The highest BCUT2D eigenvalue weighted by Gasteiger charge is 2.20. The van der Waals surface area contributed by atoms with Crippen LogP contribution in [0.3, 0.4) is 0 Å². The van der Waals surface area contributed by atoms with Gasteiger partial charge in [0, 0.05) is 0 Å². The Morgan fingerprint density at radius 1 is 1.42 bits per heavy atom. The maximum atomic E-state index is 11.9. The van der Waals surface area contributed by atoms with Crippen molar-refractivity contribution in [2.75, 3.05) is 0 Å². The largest absolute Gasteiger partial charge is 0.480 e. The highest BCUT2D eigenvalue weighted by Crippen LogP contribution is 2.15. The topological polar surface area (TPSA) is 66.4 Å². The van der Waals surface area contributed by atoms with E-state index in [2.05, 4.69) is 11.9 Å². The van der Waals surface area contributed by atoms with Crippen LogP contribution in [0.2, 0.25) is 5.02 Å². The number of benzene rings is 1. The number of carboxylic acid groups (broad SMARTS) is 1. The molecule has 19 heavy (non-hydrogen) atoms. The van der Waals surface area contributed by atoms with Gasteiger partial charge in [0.2, 0.25) is 0 Å². The van der Waals surface area contributed by atoms with E-state index in [0.717, 1.165) is 0 Å². The summed E-state index contributed by atoms with van der Waals surface area (Å²) in [6.45, 7) is 3.57.